The summed E-state index contributed by atoms with van der Waals surface area (Å²) < 4.78 is 0. The highest BCUT2D eigenvalue weighted by Crippen LogP contribution is 2.74. The number of hydrogen-bond acceptors (Lipinski definition) is 1. The molecular weight excluding hydrogens is 136 g/mol. The molecule has 0 saturated heterocycles. The van der Waals surface area contributed by atoms with Crippen LogP contribution in [0.2, 0.25) is 0 Å². The minimum absolute atomic E-state index is 0.131. The maximum Gasteiger partial charge on any atom is 0.0605 e. The van der Waals surface area contributed by atoms with E-state index in [0.717, 1.165) is 35.5 Å². The smallest absolute Gasteiger partial charge is 0.0605 e. The topological polar surface area (TPSA) is 20.2 Å². The van der Waals surface area contributed by atoms with E-state index in [-0.39, 0.29) is 6.10 Å². The van der Waals surface area contributed by atoms with Crippen molar-refractivity contribution in [1.82, 2.24) is 0 Å². The highest BCUT2D eigenvalue weighted by molar-refractivity contribution is 5.19. The molecule has 4 fully saturated rings. The van der Waals surface area contributed by atoms with Gasteiger partial charge in [0.2, 0.25) is 0 Å². The third-order valence-corrected chi connectivity index (χ3v) is 5.24. The summed E-state index contributed by atoms with van der Waals surface area (Å²) in [4.78, 5) is 0. The maximum absolute atomic E-state index is 9.85. The second-order valence-electron chi connectivity index (χ2n) is 5.11. The van der Waals surface area contributed by atoms with E-state index in [1.165, 1.54) is 19.3 Å². The lowest BCUT2D eigenvalue weighted by molar-refractivity contribution is -0.0307. The van der Waals surface area contributed by atoms with Gasteiger partial charge in [-0.2, -0.15) is 0 Å². The van der Waals surface area contributed by atoms with Gasteiger partial charge in [0.25, 0.3) is 0 Å². The van der Waals surface area contributed by atoms with E-state index in [1.54, 1.807) is 0 Å². The molecule has 4 aliphatic rings. The molecule has 0 radical (unpaired) electrons. The van der Waals surface area contributed by atoms with Crippen molar-refractivity contribution in [3.05, 3.63) is 0 Å². The average Bonchev–Trinajstić information content (AvgIpc) is 2.45. The predicted octanol–water partition coefficient (Wildman–Crippen LogP) is 1.27. The minimum Gasteiger partial charge on any atom is -0.393 e. The Morgan fingerprint density at radius 2 is 1.55 bits per heavy atom. The van der Waals surface area contributed by atoms with Gasteiger partial charge >= 0.3 is 0 Å². The third-order valence-electron chi connectivity index (χ3n) is 5.24. The molecule has 0 unspecified atom stereocenters. The minimum atomic E-state index is 0.131. The van der Waals surface area contributed by atoms with Crippen molar-refractivity contribution in [3.63, 3.8) is 0 Å². The van der Waals surface area contributed by atoms with Crippen LogP contribution in [0, 0.1) is 35.5 Å². The summed E-state index contributed by atoms with van der Waals surface area (Å²) in [5, 5.41) is 9.85. The molecule has 0 aromatic heterocycles. The van der Waals surface area contributed by atoms with Crippen LogP contribution in [0.5, 0.6) is 0 Å². The molecule has 0 aromatic carbocycles. The Labute approximate surface area is 66.8 Å². The molecule has 1 heteroatoms. The molecule has 11 heavy (non-hydrogen) atoms. The average molecular weight is 150 g/mol. The van der Waals surface area contributed by atoms with E-state index in [4.69, 9.17) is 0 Å². The van der Waals surface area contributed by atoms with Crippen LogP contribution in [-0.2, 0) is 0 Å². The lowest BCUT2D eigenvalue weighted by atomic mass is 9.56. The Balaban J connectivity index is 1.89. The zero-order chi connectivity index (χ0) is 7.16. The van der Waals surface area contributed by atoms with Crippen molar-refractivity contribution in [3.8, 4) is 0 Å². The van der Waals surface area contributed by atoms with E-state index in [9.17, 15) is 5.11 Å². The fraction of sp³-hybridized carbons (Fsp3) is 1.00. The summed E-state index contributed by atoms with van der Waals surface area (Å²) in [5.41, 5.74) is 0. The Morgan fingerprint density at radius 1 is 0.818 bits per heavy atom. The molecule has 60 valence electrons. The van der Waals surface area contributed by atoms with Crippen LogP contribution >= 0.6 is 0 Å². The maximum atomic E-state index is 9.85. The first-order valence-electron chi connectivity index (χ1n) is 5.06. The lowest BCUT2D eigenvalue weighted by Crippen LogP contribution is -2.45. The van der Waals surface area contributed by atoms with Crippen LogP contribution < -0.4 is 0 Å². The van der Waals surface area contributed by atoms with Gasteiger partial charge in [-0.1, -0.05) is 0 Å². The predicted molar refractivity (Wildman–Crippen MR) is 40.8 cm³/mol. The second kappa shape index (κ2) is 1.39. The van der Waals surface area contributed by atoms with Crippen LogP contribution in [0.1, 0.15) is 19.3 Å². The summed E-state index contributed by atoms with van der Waals surface area (Å²) in [7, 11) is 0. The van der Waals surface area contributed by atoms with E-state index >= 15 is 0 Å². The van der Waals surface area contributed by atoms with Gasteiger partial charge in [-0.25, -0.2) is 0 Å². The Hall–Kier alpha value is -0.0400. The molecule has 2 bridgehead atoms. The monoisotopic (exact) mass is 150 g/mol. The molecule has 1 N–H and O–H groups in total. The van der Waals surface area contributed by atoms with Crippen molar-refractivity contribution in [2.45, 2.75) is 25.4 Å². The standard InChI is InChI=1S/C10H14O/c11-10-7-3-6-4-1-2-5(7)8(4)9(6)10/h4-11H,1-3H2/t4-,5+,6-,7+,8+,9-,10-/m1/s1. The number of aliphatic hydroxyl groups is 1. The van der Waals surface area contributed by atoms with E-state index in [0.29, 0.717) is 0 Å². The molecule has 0 heterocycles. The molecule has 7 atom stereocenters. The van der Waals surface area contributed by atoms with Crippen LogP contribution in [0.25, 0.3) is 0 Å². The van der Waals surface area contributed by atoms with Crippen molar-refractivity contribution >= 4 is 0 Å². The molecular formula is C10H14O. The van der Waals surface area contributed by atoms with Crippen molar-refractivity contribution in [2.24, 2.45) is 35.5 Å². The largest absolute Gasteiger partial charge is 0.393 e. The van der Waals surface area contributed by atoms with Crippen molar-refractivity contribution < 1.29 is 5.11 Å². The van der Waals surface area contributed by atoms with Gasteiger partial charge in [0.1, 0.15) is 0 Å². The summed E-state index contributed by atoms with van der Waals surface area (Å²) in [6.45, 7) is 0. The first-order valence-corrected chi connectivity index (χ1v) is 5.06. The lowest BCUT2D eigenvalue weighted by Gasteiger charge is -2.48. The summed E-state index contributed by atoms with van der Waals surface area (Å²) in [6, 6.07) is 0. The van der Waals surface area contributed by atoms with E-state index < -0.39 is 0 Å². The first kappa shape index (κ1) is 5.58. The Morgan fingerprint density at radius 3 is 2.18 bits per heavy atom. The van der Waals surface area contributed by atoms with Gasteiger partial charge in [-0.3, -0.25) is 0 Å². The first-order chi connectivity index (χ1) is 5.38. The van der Waals surface area contributed by atoms with E-state index in [1.807, 2.05) is 0 Å². The zero-order valence-corrected chi connectivity index (χ0v) is 6.61. The highest BCUT2D eigenvalue weighted by atomic mass is 16.3. The van der Waals surface area contributed by atoms with Gasteiger partial charge in [0.15, 0.2) is 0 Å². The number of rotatable bonds is 0. The quantitative estimate of drug-likeness (QED) is 0.551. The van der Waals surface area contributed by atoms with Crippen LogP contribution in [-0.4, -0.2) is 11.2 Å². The van der Waals surface area contributed by atoms with Crippen molar-refractivity contribution in [2.75, 3.05) is 0 Å². The highest BCUT2D eigenvalue weighted by Gasteiger charge is 2.71. The fourth-order valence-corrected chi connectivity index (χ4v) is 5.06. The van der Waals surface area contributed by atoms with Crippen LogP contribution in [0.3, 0.4) is 0 Å². The van der Waals surface area contributed by atoms with Crippen LogP contribution in [0.4, 0.5) is 0 Å². The number of hydrogen-bond donors (Lipinski definition) is 1. The summed E-state index contributed by atoms with van der Waals surface area (Å²) in [6.07, 6.45) is 4.47. The molecule has 4 rings (SSSR count). The third kappa shape index (κ3) is 0.376. The molecule has 1 nitrogen and oxygen atoms in total. The molecule has 4 aliphatic carbocycles. The van der Waals surface area contributed by atoms with Crippen LogP contribution in [0.15, 0.2) is 0 Å². The molecule has 4 saturated carbocycles. The van der Waals surface area contributed by atoms with Gasteiger partial charge in [0.05, 0.1) is 6.10 Å². The summed E-state index contributed by atoms with van der Waals surface area (Å²) >= 11 is 0. The fourth-order valence-electron chi connectivity index (χ4n) is 5.06. The van der Waals surface area contributed by atoms with Gasteiger partial charge in [-0.05, 0) is 54.8 Å². The Kier molecular flexibility index (Phi) is 0.706. The van der Waals surface area contributed by atoms with Gasteiger partial charge < -0.3 is 5.11 Å². The number of aliphatic hydroxyl groups excluding tert-OH is 1. The normalized spacial score (nSPS) is 75.5. The van der Waals surface area contributed by atoms with Crippen molar-refractivity contribution in [1.29, 1.82) is 0 Å². The van der Waals surface area contributed by atoms with Gasteiger partial charge in [0, 0.05) is 0 Å². The molecule has 0 aliphatic heterocycles. The van der Waals surface area contributed by atoms with Gasteiger partial charge in [-0.15, -0.1) is 0 Å². The molecule has 0 spiro atoms. The summed E-state index contributed by atoms with van der Waals surface area (Å²) in [5.74, 6) is 5.52. The molecule has 0 amide bonds. The Bertz CT molecular complexity index is 211. The molecule has 0 aromatic rings. The second-order valence-corrected chi connectivity index (χ2v) is 5.11. The van der Waals surface area contributed by atoms with E-state index in [2.05, 4.69) is 0 Å². The zero-order valence-electron chi connectivity index (χ0n) is 6.61. The SMILES string of the molecule is O[C@@H]1[C@H]2C[C@@H]3[C@H]4CC[C@@H]2[C@H]4[C@H]13. The number of fused-ring (bicyclic) bond motifs is 3.